The Morgan fingerprint density at radius 1 is 1.26 bits per heavy atom. The Kier molecular flexibility index (Phi) is 7.34. The molecule has 0 aliphatic carbocycles. The van der Waals surface area contributed by atoms with Gasteiger partial charge in [0.2, 0.25) is 0 Å². The van der Waals surface area contributed by atoms with E-state index in [2.05, 4.69) is 12.2 Å². The summed E-state index contributed by atoms with van der Waals surface area (Å²) >= 11 is 5.84. The van der Waals surface area contributed by atoms with E-state index >= 15 is 0 Å². The molecule has 0 amide bonds. The van der Waals surface area contributed by atoms with Crippen molar-refractivity contribution in [3.05, 3.63) is 29.3 Å². The van der Waals surface area contributed by atoms with E-state index in [-0.39, 0.29) is 12.0 Å². The lowest BCUT2D eigenvalue weighted by Gasteiger charge is -2.18. The van der Waals surface area contributed by atoms with Gasteiger partial charge < -0.3 is 10.1 Å². The molecule has 3 nitrogen and oxygen atoms in total. The number of benzene rings is 1. The van der Waals surface area contributed by atoms with Crippen molar-refractivity contribution in [2.45, 2.75) is 45.6 Å². The Bertz CT molecular complexity index is 378. The van der Waals surface area contributed by atoms with Gasteiger partial charge in [0.25, 0.3) is 0 Å². The first kappa shape index (κ1) is 15.8. The zero-order valence-electron chi connectivity index (χ0n) is 11.6. The molecule has 19 heavy (non-hydrogen) atoms. The first-order valence-corrected chi connectivity index (χ1v) is 7.24. The molecule has 0 saturated carbocycles. The minimum absolute atomic E-state index is 0.187. The summed E-state index contributed by atoms with van der Waals surface area (Å²) in [4.78, 5) is 11.9. The van der Waals surface area contributed by atoms with Gasteiger partial charge in [-0.05, 0) is 37.6 Å². The number of rotatable bonds is 8. The normalized spacial score (nSPS) is 11.9. The van der Waals surface area contributed by atoms with E-state index in [9.17, 15) is 4.79 Å². The Morgan fingerprint density at radius 3 is 2.53 bits per heavy atom. The van der Waals surface area contributed by atoms with E-state index in [1.54, 1.807) is 12.1 Å². The second-order valence-corrected chi connectivity index (χ2v) is 4.89. The number of ether oxygens (including phenoxy) is 1. The summed E-state index contributed by atoms with van der Waals surface area (Å²) in [5.74, 6) is -0.187. The highest BCUT2D eigenvalue weighted by Crippen LogP contribution is 2.16. The number of unbranched alkanes of at least 4 members (excludes halogenated alkanes) is 2. The van der Waals surface area contributed by atoms with E-state index in [1.807, 2.05) is 19.1 Å². The lowest BCUT2D eigenvalue weighted by Crippen LogP contribution is -2.31. The Labute approximate surface area is 120 Å². The van der Waals surface area contributed by atoms with Gasteiger partial charge in [0.1, 0.15) is 6.04 Å². The van der Waals surface area contributed by atoms with Crippen molar-refractivity contribution >= 4 is 23.3 Å². The topological polar surface area (TPSA) is 38.3 Å². The van der Waals surface area contributed by atoms with Crippen LogP contribution in [-0.4, -0.2) is 18.6 Å². The molecule has 0 aliphatic heterocycles. The third kappa shape index (κ3) is 5.97. The number of halogens is 1. The number of hydrogen-bond donors (Lipinski definition) is 1. The fraction of sp³-hybridized carbons (Fsp3) is 0.533. The van der Waals surface area contributed by atoms with E-state index < -0.39 is 0 Å². The van der Waals surface area contributed by atoms with Crippen LogP contribution in [0.25, 0.3) is 0 Å². The maximum absolute atomic E-state index is 11.9. The molecule has 0 heterocycles. The predicted molar refractivity (Wildman–Crippen MR) is 79.6 cm³/mol. The van der Waals surface area contributed by atoms with Crippen molar-refractivity contribution in [1.82, 2.24) is 0 Å². The van der Waals surface area contributed by atoms with Crippen molar-refractivity contribution in [2.24, 2.45) is 0 Å². The van der Waals surface area contributed by atoms with Crippen LogP contribution in [0, 0.1) is 0 Å². The second-order valence-electron chi connectivity index (χ2n) is 4.45. The lowest BCUT2D eigenvalue weighted by atomic mass is 10.1. The first-order valence-electron chi connectivity index (χ1n) is 6.86. The standard InChI is InChI=1S/C15H22ClNO2/c1-3-5-6-7-14(15(18)19-4-2)17-13-10-8-12(16)9-11-13/h8-11,14,17H,3-7H2,1-2H3. The molecular formula is C15H22ClNO2. The van der Waals surface area contributed by atoms with Crippen molar-refractivity contribution in [1.29, 1.82) is 0 Å². The fourth-order valence-electron chi connectivity index (χ4n) is 1.84. The van der Waals surface area contributed by atoms with Gasteiger partial charge in [0, 0.05) is 10.7 Å². The van der Waals surface area contributed by atoms with Gasteiger partial charge in [-0.3, -0.25) is 0 Å². The molecule has 0 fully saturated rings. The average molecular weight is 284 g/mol. The van der Waals surface area contributed by atoms with E-state index in [4.69, 9.17) is 16.3 Å². The molecule has 0 saturated heterocycles. The summed E-state index contributed by atoms with van der Waals surface area (Å²) in [5, 5.41) is 3.90. The minimum Gasteiger partial charge on any atom is -0.464 e. The molecule has 1 atom stereocenters. The van der Waals surface area contributed by atoms with E-state index in [0.717, 1.165) is 31.4 Å². The van der Waals surface area contributed by atoms with Gasteiger partial charge in [-0.1, -0.05) is 37.8 Å². The molecule has 4 heteroatoms. The molecule has 0 bridgehead atoms. The average Bonchev–Trinajstić information content (AvgIpc) is 2.40. The monoisotopic (exact) mass is 283 g/mol. The summed E-state index contributed by atoms with van der Waals surface area (Å²) in [5.41, 5.74) is 0.888. The maximum Gasteiger partial charge on any atom is 0.328 e. The van der Waals surface area contributed by atoms with E-state index in [1.165, 1.54) is 0 Å². The largest absolute Gasteiger partial charge is 0.464 e. The molecule has 1 unspecified atom stereocenters. The number of nitrogens with one attached hydrogen (secondary N) is 1. The maximum atomic E-state index is 11.9. The van der Waals surface area contributed by atoms with Gasteiger partial charge >= 0.3 is 5.97 Å². The van der Waals surface area contributed by atoms with Gasteiger partial charge in [0.05, 0.1) is 6.61 Å². The smallest absolute Gasteiger partial charge is 0.328 e. The van der Waals surface area contributed by atoms with Crippen molar-refractivity contribution in [3.63, 3.8) is 0 Å². The van der Waals surface area contributed by atoms with Crippen LogP contribution >= 0.6 is 11.6 Å². The lowest BCUT2D eigenvalue weighted by molar-refractivity contribution is -0.144. The number of esters is 1. The molecule has 1 rings (SSSR count). The summed E-state index contributed by atoms with van der Waals surface area (Å²) < 4.78 is 5.10. The molecule has 0 aliphatic rings. The summed E-state index contributed by atoms with van der Waals surface area (Å²) in [7, 11) is 0. The van der Waals surface area contributed by atoms with Crippen molar-refractivity contribution in [2.75, 3.05) is 11.9 Å². The van der Waals surface area contributed by atoms with Gasteiger partial charge in [0.15, 0.2) is 0 Å². The van der Waals surface area contributed by atoms with Crippen LogP contribution < -0.4 is 5.32 Å². The molecule has 0 spiro atoms. The molecule has 0 aromatic heterocycles. The van der Waals surface area contributed by atoms with Gasteiger partial charge in [-0.25, -0.2) is 4.79 Å². The van der Waals surface area contributed by atoms with Crippen LogP contribution in [0.3, 0.4) is 0 Å². The number of hydrogen-bond acceptors (Lipinski definition) is 3. The Hall–Kier alpha value is -1.22. The third-order valence-corrected chi connectivity index (χ3v) is 3.10. The molecule has 0 radical (unpaired) electrons. The van der Waals surface area contributed by atoms with Crippen LogP contribution in [-0.2, 0) is 9.53 Å². The Balaban J connectivity index is 2.61. The predicted octanol–water partition coefficient (Wildman–Crippen LogP) is 4.26. The number of carbonyl (C=O) groups excluding carboxylic acids is 1. The molecule has 1 N–H and O–H groups in total. The van der Waals surface area contributed by atoms with Crippen molar-refractivity contribution < 1.29 is 9.53 Å². The van der Waals surface area contributed by atoms with Crippen LogP contribution in [0.2, 0.25) is 5.02 Å². The highest BCUT2D eigenvalue weighted by molar-refractivity contribution is 6.30. The highest BCUT2D eigenvalue weighted by atomic mass is 35.5. The van der Waals surface area contributed by atoms with Crippen LogP contribution in [0.5, 0.6) is 0 Å². The Morgan fingerprint density at radius 2 is 1.95 bits per heavy atom. The molecule has 1 aromatic carbocycles. The summed E-state index contributed by atoms with van der Waals surface area (Å²) in [6.07, 6.45) is 4.06. The molecular weight excluding hydrogens is 262 g/mol. The fourth-order valence-corrected chi connectivity index (χ4v) is 1.96. The number of carbonyl (C=O) groups is 1. The van der Waals surface area contributed by atoms with Crippen molar-refractivity contribution in [3.8, 4) is 0 Å². The quantitative estimate of drug-likeness (QED) is 0.572. The third-order valence-electron chi connectivity index (χ3n) is 2.85. The minimum atomic E-state index is -0.285. The van der Waals surface area contributed by atoms with Crippen LogP contribution in [0.4, 0.5) is 5.69 Å². The summed E-state index contributed by atoms with van der Waals surface area (Å²) in [6, 6.07) is 7.06. The highest BCUT2D eigenvalue weighted by Gasteiger charge is 2.18. The zero-order valence-corrected chi connectivity index (χ0v) is 12.4. The summed E-state index contributed by atoms with van der Waals surface area (Å²) in [6.45, 7) is 4.38. The van der Waals surface area contributed by atoms with Gasteiger partial charge in [-0.2, -0.15) is 0 Å². The van der Waals surface area contributed by atoms with E-state index in [0.29, 0.717) is 11.6 Å². The molecule has 106 valence electrons. The van der Waals surface area contributed by atoms with Crippen LogP contribution in [0.15, 0.2) is 24.3 Å². The van der Waals surface area contributed by atoms with Gasteiger partial charge in [-0.15, -0.1) is 0 Å². The first-order chi connectivity index (χ1) is 9.17. The number of anilines is 1. The molecule has 1 aromatic rings. The SMILES string of the molecule is CCCCCC(Nc1ccc(Cl)cc1)C(=O)OCC. The zero-order chi connectivity index (χ0) is 14.1. The second kappa shape index (κ2) is 8.81. The van der Waals surface area contributed by atoms with Crippen LogP contribution in [0.1, 0.15) is 39.5 Å².